The Morgan fingerprint density at radius 2 is 2.11 bits per heavy atom. The number of benzene rings is 1. The molecule has 3 nitrogen and oxygen atoms in total. The second-order valence-electron chi connectivity index (χ2n) is 5.91. The minimum atomic E-state index is -0.515. The highest BCUT2D eigenvalue weighted by Gasteiger charge is 2.31. The first-order valence-corrected chi connectivity index (χ1v) is 6.56. The molecule has 1 aromatic rings. The Labute approximate surface area is 113 Å². The summed E-state index contributed by atoms with van der Waals surface area (Å²) in [5.41, 5.74) is 1.07. The van der Waals surface area contributed by atoms with Crippen LogP contribution in [0.5, 0.6) is 0 Å². The van der Waals surface area contributed by atoms with Gasteiger partial charge in [-0.25, -0.2) is 9.18 Å². The number of halogens is 1. The first-order chi connectivity index (χ1) is 8.79. The molecule has 1 aromatic carbocycles. The van der Waals surface area contributed by atoms with E-state index in [0.717, 1.165) is 11.1 Å². The summed E-state index contributed by atoms with van der Waals surface area (Å²) in [5, 5.41) is 0. The second kappa shape index (κ2) is 4.83. The van der Waals surface area contributed by atoms with Crippen molar-refractivity contribution >= 4 is 6.09 Å². The lowest BCUT2D eigenvalue weighted by Crippen LogP contribution is -2.42. The number of hydrogen-bond donors (Lipinski definition) is 0. The van der Waals surface area contributed by atoms with Crippen LogP contribution >= 0.6 is 0 Å². The normalized spacial score (nSPS) is 19.0. The van der Waals surface area contributed by atoms with Gasteiger partial charge in [0.05, 0.1) is 6.04 Å². The molecule has 0 aromatic heterocycles. The Bertz CT molecular complexity index is 493. The van der Waals surface area contributed by atoms with Gasteiger partial charge in [-0.2, -0.15) is 0 Å². The maximum Gasteiger partial charge on any atom is 0.410 e. The molecule has 0 saturated carbocycles. The number of fused-ring (bicyclic) bond motifs is 1. The molecule has 1 heterocycles. The van der Waals surface area contributed by atoms with Gasteiger partial charge in [0.15, 0.2) is 0 Å². The zero-order chi connectivity index (χ0) is 14.2. The van der Waals surface area contributed by atoms with Crippen molar-refractivity contribution in [3.05, 3.63) is 35.1 Å². The Balaban J connectivity index is 2.22. The molecular weight excluding hydrogens is 245 g/mol. The molecular formula is C15H20FNO2. The summed E-state index contributed by atoms with van der Waals surface area (Å²) >= 11 is 0. The molecule has 0 radical (unpaired) electrons. The average molecular weight is 265 g/mol. The highest BCUT2D eigenvalue weighted by atomic mass is 19.1. The van der Waals surface area contributed by atoms with E-state index in [1.165, 1.54) is 6.07 Å². The van der Waals surface area contributed by atoms with Crippen LogP contribution in [0.25, 0.3) is 0 Å². The molecule has 4 heteroatoms. The van der Waals surface area contributed by atoms with Gasteiger partial charge in [-0.3, -0.25) is 0 Å². The predicted molar refractivity (Wildman–Crippen MR) is 71.5 cm³/mol. The third-order valence-electron chi connectivity index (χ3n) is 3.30. The lowest BCUT2D eigenvalue weighted by atomic mass is 9.93. The van der Waals surface area contributed by atoms with E-state index in [-0.39, 0.29) is 18.0 Å². The summed E-state index contributed by atoms with van der Waals surface area (Å²) in [4.78, 5) is 13.8. The predicted octanol–water partition coefficient (Wildman–Crippen LogP) is 3.68. The number of nitrogens with zero attached hydrogens (tertiary/aromatic N) is 1. The van der Waals surface area contributed by atoms with Gasteiger partial charge >= 0.3 is 6.09 Å². The molecule has 104 valence electrons. The minimum absolute atomic E-state index is 0.158. The summed E-state index contributed by atoms with van der Waals surface area (Å²) in [6.07, 6.45) is 0.195. The van der Waals surface area contributed by atoms with Crippen LogP contribution in [0.1, 0.15) is 44.9 Å². The molecule has 1 atom stereocenters. The summed E-state index contributed by atoms with van der Waals surface area (Å²) < 4.78 is 19.1. The Hall–Kier alpha value is -1.58. The SMILES string of the molecule is CC1c2cccc(F)c2CCN1C(=O)OC(C)(C)C. The van der Waals surface area contributed by atoms with E-state index in [4.69, 9.17) is 4.74 Å². The molecule has 1 aliphatic rings. The van der Waals surface area contributed by atoms with Gasteiger partial charge in [-0.1, -0.05) is 12.1 Å². The Morgan fingerprint density at radius 1 is 1.42 bits per heavy atom. The molecule has 0 N–H and O–H groups in total. The molecule has 1 aliphatic heterocycles. The molecule has 1 unspecified atom stereocenters. The van der Waals surface area contributed by atoms with Crippen LogP contribution in [-0.2, 0) is 11.2 Å². The monoisotopic (exact) mass is 265 g/mol. The third-order valence-corrected chi connectivity index (χ3v) is 3.30. The maximum absolute atomic E-state index is 13.7. The van der Waals surface area contributed by atoms with Gasteiger partial charge in [0.1, 0.15) is 11.4 Å². The summed E-state index contributed by atoms with van der Waals surface area (Å²) in [6, 6.07) is 4.87. The first kappa shape index (κ1) is 13.8. The zero-order valence-corrected chi connectivity index (χ0v) is 11.9. The van der Waals surface area contributed by atoms with E-state index in [2.05, 4.69) is 0 Å². The fourth-order valence-corrected chi connectivity index (χ4v) is 2.39. The van der Waals surface area contributed by atoms with Gasteiger partial charge in [0.2, 0.25) is 0 Å². The second-order valence-corrected chi connectivity index (χ2v) is 5.91. The fourth-order valence-electron chi connectivity index (χ4n) is 2.39. The van der Waals surface area contributed by atoms with E-state index >= 15 is 0 Å². The third kappa shape index (κ3) is 2.88. The molecule has 19 heavy (non-hydrogen) atoms. The molecule has 0 fully saturated rings. The van der Waals surface area contributed by atoms with Crippen molar-refractivity contribution in [2.24, 2.45) is 0 Å². The topological polar surface area (TPSA) is 29.5 Å². The van der Waals surface area contributed by atoms with Gasteiger partial charge in [-0.05, 0) is 51.3 Å². The number of rotatable bonds is 0. The van der Waals surface area contributed by atoms with Crippen molar-refractivity contribution in [1.29, 1.82) is 0 Å². The smallest absolute Gasteiger partial charge is 0.410 e. The van der Waals surface area contributed by atoms with E-state index in [0.29, 0.717) is 13.0 Å². The highest BCUT2D eigenvalue weighted by Crippen LogP contribution is 2.31. The molecule has 0 spiro atoms. The molecule has 0 saturated heterocycles. The minimum Gasteiger partial charge on any atom is -0.444 e. The molecule has 0 bridgehead atoms. The highest BCUT2D eigenvalue weighted by molar-refractivity contribution is 5.69. The van der Waals surface area contributed by atoms with E-state index < -0.39 is 5.60 Å². The van der Waals surface area contributed by atoms with Gasteiger partial charge < -0.3 is 9.64 Å². The lowest BCUT2D eigenvalue weighted by Gasteiger charge is -2.36. The van der Waals surface area contributed by atoms with Crippen molar-refractivity contribution in [2.75, 3.05) is 6.54 Å². The molecule has 0 aliphatic carbocycles. The first-order valence-electron chi connectivity index (χ1n) is 6.56. The van der Waals surface area contributed by atoms with E-state index in [9.17, 15) is 9.18 Å². The Kier molecular flexibility index (Phi) is 3.52. The fraction of sp³-hybridized carbons (Fsp3) is 0.533. The van der Waals surface area contributed by atoms with Crippen molar-refractivity contribution in [1.82, 2.24) is 4.90 Å². The number of carbonyl (C=O) groups is 1. The largest absolute Gasteiger partial charge is 0.444 e. The van der Waals surface area contributed by atoms with Crippen LogP contribution in [0, 0.1) is 5.82 Å². The van der Waals surface area contributed by atoms with Crippen LogP contribution in [0.4, 0.5) is 9.18 Å². The zero-order valence-electron chi connectivity index (χ0n) is 11.9. The summed E-state index contributed by atoms with van der Waals surface area (Å²) in [6.45, 7) is 7.92. The van der Waals surface area contributed by atoms with Crippen LogP contribution in [0.2, 0.25) is 0 Å². The van der Waals surface area contributed by atoms with E-state index in [1.807, 2.05) is 33.8 Å². The lowest BCUT2D eigenvalue weighted by molar-refractivity contribution is 0.0158. The number of ether oxygens (including phenoxy) is 1. The van der Waals surface area contributed by atoms with Crippen LogP contribution < -0.4 is 0 Å². The summed E-state index contributed by atoms with van der Waals surface area (Å²) in [7, 11) is 0. The van der Waals surface area contributed by atoms with Gasteiger partial charge in [-0.15, -0.1) is 0 Å². The maximum atomic E-state index is 13.7. The standard InChI is InChI=1S/C15H20FNO2/c1-10-11-6-5-7-13(16)12(11)8-9-17(10)14(18)19-15(2,3)4/h5-7,10H,8-9H2,1-4H3. The molecule has 2 rings (SSSR count). The van der Waals surface area contributed by atoms with Crippen molar-refractivity contribution in [3.63, 3.8) is 0 Å². The van der Waals surface area contributed by atoms with Gasteiger partial charge in [0.25, 0.3) is 0 Å². The van der Waals surface area contributed by atoms with Crippen molar-refractivity contribution < 1.29 is 13.9 Å². The summed E-state index contributed by atoms with van der Waals surface area (Å²) in [5.74, 6) is -0.187. The average Bonchev–Trinajstić information content (AvgIpc) is 2.28. The van der Waals surface area contributed by atoms with Crippen LogP contribution in [-0.4, -0.2) is 23.1 Å². The molecule has 1 amide bonds. The quantitative estimate of drug-likeness (QED) is 0.716. The number of hydrogen-bond acceptors (Lipinski definition) is 2. The van der Waals surface area contributed by atoms with Crippen molar-refractivity contribution in [2.45, 2.75) is 45.8 Å². The van der Waals surface area contributed by atoms with Crippen LogP contribution in [0.3, 0.4) is 0 Å². The number of amides is 1. The van der Waals surface area contributed by atoms with E-state index in [1.54, 1.807) is 11.0 Å². The van der Waals surface area contributed by atoms with Gasteiger partial charge in [0, 0.05) is 6.54 Å². The van der Waals surface area contributed by atoms with Crippen LogP contribution in [0.15, 0.2) is 18.2 Å². The Morgan fingerprint density at radius 3 is 2.74 bits per heavy atom. The van der Waals surface area contributed by atoms with Crippen molar-refractivity contribution in [3.8, 4) is 0 Å². The number of carbonyl (C=O) groups excluding carboxylic acids is 1.